The molecule has 2 N–H and O–H groups in total. The van der Waals surface area contributed by atoms with Crippen LogP contribution in [0.15, 0.2) is 48.6 Å². The van der Waals surface area contributed by atoms with Gasteiger partial charge in [0.1, 0.15) is 12.4 Å². The van der Waals surface area contributed by atoms with Crippen molar-refractivity contribution in [1.82, 2.24) is 9.03 Å². The first-order valence-electron chi connectivity index (χ1n) is 14.7. The fourth-order valence-corrected chi connectivity index (χ4v) is 7.35. The Balaban J connectivity index is 1.52. The van der Waals surface area contributed by atoms with Gasteiger partial charge in [-0.15, -0.1) is 0 Å². The number of anilines is 1. The quantitative estimate of drug-likeness (QED) is 0.494. The van der Waals surface area contributed by atoms with E-state index in [-0.39, 0.29) is 37.1 Å². The summed E-state index contributed by atoms with van der Waals surface area (Å²) in [6.07, 6.45) is 8.09. The Morgan fingerprint density at radius 3 is 2.76 bits per heavy atom. The first-order chi connectivity index (χ1) is 20.2. The van der Waals surface area contributed by atoms with Crippen LogP contribution in [-0.2, 0) is 28.0 Å². The Hall–Kier alpha value is -2.63. The number of halogens is 1. The second-order valence-corrected chi connectivity index (χ2v) is 13.4. The van der Waals surface area contributed by atoms with Crippen LogP contribution in [0, 0.1) is 11.8 Å². The summed E-state index contributed by atoms with van der Waals surface area (Å²) in [5, 5.41) is 11.7. The number of hydrogen-bond donors (Lipinski definition) is 2. The number of methoxy groups -OCH3 is 1. The van der Waals surface area contributed by atoms with Gasteiger partial charge in [0.2, 0.25) is 0 Å². The number of aryl methyl sites for hydroxylation is 1. The zero-order valence-corrected chi connectivity index (χ0v) is 25.6. The maximum Gasteiger partial charge on any atom is 0.304 e. The molecule has 228 valence electrons. The predicted octanol–water partition coefficient (Wildman–Crippen LogP) is 4.33. The van der Waals surface area contributed by atoms with Gasteiger partial charge in [-0.3, -0.25) is 4.79 Å². The van der Waals surface area contributed by atoms with E-state index >= 15 is 0 Å². The number of carbonyl (C=O) groups is 1. The number of aliphatic hydroxyl groups excluding tert-OH is 1. The molecule has 1 fully saturated rings. The molecule has 3 atom stereocenters. The number of hydrogen-bond acceptors (Lipinski definition) is 7. The minimum atomic E-state index is -4.14. The predicted molar refractivity (Wildman–Crippen MR) is 163 cm³/mol. The SMILES string of the molecule is COCCN1CC/C=C/C(O)[C@@H]2CC[C@H]2CN2CCCCc3cc(Cl)ccc3COc3ccc(cc32)C(=O)NS1(=O)=O. The maximum atomic E-state index is 13.4. The minimum Gasteiger partial charge on any atom is -0.487 e. The Morgan fingerprint density at radius 2 is 1.98 bits per heavy atom. The van der Waals surface area contributed by atoms with Crippen molar-refractivity contribution in [3.63, 3.8) is 0 Å². The molecule has 2 aromatic carbocycles. The molecule has 2 aliphatic heterocycles. The van der Waals surface area contributed by atoms with Crippen molar-refractivity contribution < 1.29 is 27.8 Å². The summed E-state index contributed by atoms with van der Waals surface area (Å²) in [7, 11) is -2.64. The average Bonchev–Trinajstić information content (AvgIpc) is 2.97. The lowest BCUT2D eigenvalue weighted by Gasteiger charge is -2.42. The standard InChI is InChI=1S/C31H40ClN3O6S/c1-40-17-16-35-15-5-3-7-29(36)27-12-9-24(27)20-34-14-4-2-6-22-18-26(32)11-8-25(22)21-41-30-13-10-23(19-28(30)34)31(37)33-42(35,38)39/h3,7-8,10-11,13,18-19,24,27,29,36H,2,4-6,9,12,14-17,20-21H2,1H3,(H,33,37)/b7-3+/t24-,27+,29?/m0/s1. The third kappa shape index (κ3) is 7.29. The summed E-state index contributed by atoms with van der Waals surface area (Å²) >= 11 is 6.30. The molecule has 11 heteroatoms. The summed E-state index contributed by atoms with van der Waals surface area (Å²) in [4.78, 5) is 15.6. The summed E-state index contributed by atoms with van der Waals surface area (Å²) < 4.78 is 41.4. The molecule has 0 saturated heterocycles. The van der Waals surface area contributed by atoms with Crippen molar-refractivity contribution in [3.8, 4) is 5.75 Å². The molecule has 1 unspecified atom stereocenters. The fraction of sp³-hybridized carbons (Fsp3) is 0.516. The number of rotatable bonds is 3. The summed E-state index contributed by atoms with van der Waals surface area (Å²) in [5.74, 6) is 0.316. The van der Waals surface area contributed by atoms with Crippen LogP contribution >= 0.6 is 11.6 Å². The van der Waals surface area contributed by atoms with Gasteiger partial charge in [-0.05, 0) is 91.8 Å². The third-order valence-electron chi connectivity index (χ3n) is 8.59. The third-order valence-corrected chi connectivity index (χ3v) is 10.3. The Bertz CT molecular complexity index is 1400. The van der Waals surface area contributed by atoms with E-state index in [0.29, 0.717) is 30.3 Å². The van der Waals surface area contributed by atoms with E-state index in [1.807, 2.05) is 24.3 Å². The number of amides is 1. The largest absolute Gasteiger partial charge is 0.487 e. The smallest absolute Gasteiger partial charge is 0.304 e. The number of benzene rings is 2. The van der Waals surface area contributed by atoms with Gasteiger partial charge in [0.15, 0.2) is 0 Å². The van der Waals surface area contributed by atoms with E-state index in [4.69, 9.17) is 21.1 Å². The van der Waals surface area contributed by atoms with E-state index in [9.17, 15) is 18.3 Å². The fourth-order valence-electron chi connectivity index (χ4n) is 6.02. The molecule has 1 saturated carbocycles. The normalized spacial score (nSPS) is 25.9. The van der Waals surface area contributed by atoms with Gasteiger partial charge in [-0.2, -0.15) is 12.7 Å². The molecule has 2 bridgehead atoms. The molecule has 2 heterocycles. The molecular formula is C31H40ClN3O6S. The van der Waals surface area contributed by atoms with Crippen LogP contribution in [-0.4, -0.2) is 69.7 Å². The van der Waals surface area contributed by atoms with Gasteiger partial charge in [0, 0.05) is 43.9 Å². The summed E-state index contributed by atoms with van der Waals surface area (Å²) in [5.41, 5.74) is 3.20. The van der Waals surface area contributed by atoms with Crippen molar-refractivity contribution >= 4 is 33.4 Å². The first-order valence-corrected chi connectivity index (χ1v) is 16.5. The van der Waals surface area contributed by atoms with Crippen LogP contribution in [0.2, 0.25) is 5.02 Å². The molecule has 3 aliphatic rings. The molecule has 5 rings (SSSR count). The van der Waals surface area contributed by atoms with E-state index in [0.717, 1.165) is 55.5 Å². The van der Waals surface area contributed by atoms with Crippen molar-refractivity contribution in [1.29, 1.82) is 0 Å². The Labute approximate surface area is 253 Å². The highest BCUT2D eigenvalue weighted by Crippen LogP contribution is 2.41. The highest BCUT2D eigenvalue weighted by atomic mass is 35.5. The Morgan fingerprint density at radius 1 is 1.12 bits per heavy atom. The average molecular weight is 618 g/mol. The van der Waals surface area contributed by atoms with Crippen molar-refractivity contribution in [2.24, 2.45) is 11.8 Å². The van der Waals surface area contributed by atoms with Crippen LogP contribution in [0.1, 0.15) is 53.6 Å². The number of nitrogens with one attached hydrogen (secondary N) is 1. The van der Waals surface area contributed by atoms with Crippen LogP contribution in [0.3, 0.4) is 0 Å². The molecular weight excluding hydrogens is 578 g/mol. The molecule has 1 amide bonds. The first kappa shape index (κ1) is 30.8. The number of ether oxygens (including phenoxy) is 2. The van der Waals surface area contributed by atoms with Gasteiger partial charge in [0.25, 0.3) is 5.91 Å². The second-order valence-electron chi connectivity index (χ2n) is 11.3. The lowest BCUT2D eigenvalue weighted by molar-refractivity contribution is 0.0461. The molecule has 0 aromatic heterocycles. The number of fused-ring (bicyclic) bond motifs is 3. The molecule has 2 aromatic rings. The minimum absolute atomic E-state index is 0.0959. The van der Waals surface area contributed by atoms with Gasteiger partial charge in [0.05, 0.1) is 18.4 Å². The molecule has 0 radical (unpaired) electrons. The van der Waals surface area contributed by atoms with E-state index in [1.165, 1.54) is 11.4 Å². The molecule has 42 heavy (non-hydrogen) atoms. The monoisotopic (exact) mass is 617 g/mol. The van der Waals surface area contributed by atoms with Crippen LogP contribution in [0.5, 0.6) is 5.75 Å². The van der Waals surface area contributed by atoms with Crippen LogP contribution in [0.4, 0.5) is 5.69 Å². The highest BCUT2D eigenvalue weighted by Gasteiger charge is 2.37. The topological polar surface area (TPSA) is 108 Å². The van der Waals surface area contributed by atoms with Gasteiger partial charge >= 0.3 is 10.2 Å². The zero-order valence-electron chi connectivity index (χ0n) is 24.0. The van der Waals surface area contributed by atoms with Crippen molar-refractivity contribution in [2.75, 3.05) is 44.8 Å². The number of aliphatic hydroxyl groups is 1. The molecule has 0 spiro atoms. The zero-order chi connectivity index (χ0) is 29.7. The van der Waals surface area contributed by atoms with Gasteiger partial charge in [-0.25, -0.2) is 4.72 Å². The lowest BCUT2D eigenvalue weighted by atomic mass is 9.70. The van der Waals surface area contributed by atoms with Crippen molar-refractivity contribution in [3.05, 3.63) is 70.3 Å². The van der Waals surface area contributed by atoms with E-state index in [2.05, 4.69) is 9.62 Å². The molecule has 1 aliphatic carbocycles. The van der Waals surface area contributed by atoms with Crippen LogP contribution < -0.4 is 14.4 Å². The highest BCUT2D eigenvalue weighted by molar-refractivity contribution is 7.87. The Kier molecular flexibility index (Phi) is 10.1. The molecule has 9 nitrogen and oxygen atoms in total. The summed E-state index contributed by atoms with van der Waals surface area (Å²) in [6, 6.07) is 10.9. The maximum absolute atomic E-state index is 13.4. The van der Waals surface area contributed by atoms with E-state index < -0.39 is 22.2 Å². The van der Waals surface area contributed by atoms with Gasteiger partial charge < -0.3 is 19.5 Å². The van der Waals surface area contributed by atoms with E-state index in [1.54, 1.807) is 24.3 Å². The summed E-state index contributed by atoms with van der Waals surface area (Å²) in [6.45, 7) is 2.22. The number of nitrogens with zero attached hydrogens (tertiary/aromatic N) is 2. The van der Waals surface area contributed by atoms with Crippen molar-refractivity contribution in [2.45, 2.75) is 51.2 Å². The lowest BCUT2D eigenvalue weighted by Crippen LogP contribution is -2.45. The second kappa shape index (κ2) is 13.8. The van der Waals surface area contributed by atoms with Gasteiger partial charge in [-0.1, -0.05) is 29.8 Å². The number of carbonyl (C=O) groups excluding carboxylic acids is 1. The van der Waals surface area contributed by atoms with Crippen LogP contribution in [0.25, 0.3) is 0 Å².